The van der Waals surface area contributed by atoms with E-state index >= 15 is 0 Å². The third kappa shape index (κ3) is 4.72. The van der Waals surface area contributed by atoms with Gasteiger partial charge in [-0.25, -0.2) is 8.42 Å². The fraction of sp³-hybridized carbons (Fsp3) is 0.273. The molecule has 6 nitrogen and oxygen atoms in total. The summed E-state index contributed by atoms with van der Waals surface area (Å²) in [4.78, 5) is 24.5. The molecule has 1 saturated heterocycles. The van der Waals surface area contributed by atoms with Crippen molar-refractivity contribution in [1.82, 2.24) is 5.32 Å². The smallest absolute Gasteiger partial charge is 0.248 e. The first-order chi connectivity index (χ1) is 14.7. The summed E-state index contributed by atoms with van der Waals surface area (Å²) in [6.45, 7) is 0. The predicted molar refractivity (Wildman–Crippen MR) is 118 cm³/mol. The third-order valence-corrected chi connectivity index (χ3v) is 8.05. The SMILES string of the molecule is COc1ccc(S(=O)(=O)C2(CCCC#Cc3cc(Cl)ccc3Cl)CC(=O)NC2=O)cc1. The summed E-state index contributed by atoms with van der Waals surface area (Å²) in [7, 11) is -2.67. The van der Waals surface area contributed by atoms with Crippen LogP contribution in [-0.2, 0) is 19.4 Å². The largest absolute Gasteiger partial charge is 0.497 e. The molecule has 2 aromatic rings. The van der Waals surface area contributed by atoms with Crippen molar-refractivity contribution in [2.45, 2.75) is 35.3 Å². The number of ether oxygens (including phenoxy) is 1. The van der Waals surface area contributed by atoms with E-state index in [0.29, 0.717) is 34.2 Å². The molecular weight excluding hydrogens is 461 g/mol. The van der Waals surface area contributed by atoms with Gasteiger partial charge in [0.05, 0.1) is 23.4 Å². The van der Waals surface area contributed by atoms with E-state index < -0.39 is 32.8 Å². The Bertz CT molecular complexity index is 1180. The summed E-state index contributed by atoms with van der Waals surface area (Å²) in [5, 5.41) is 3.09. The lowest BCUT2D eigenvalue weighted by Gasteiger charge is -2.25. The van der Waals surface area contributed by atoms with E-state index in [4.69, 9.17) is 27.9 Å². The zero-order chi connectivity index (χ0) is 22.6. The number of rotatable bonds is 6. The van der Waals surface area contributed by atoms with Crippen LogP contribution >= 0.6 is 23.2 Å². The van der Waals surface area contributed by atoms with Gasteiger partial charge in [0, 0.05) is 17.0 Å². The number of unbranched alkanes of at least 4 members (excludes halogenated alkanes) is 1. The summed E-state index contributed by atoms with van der Waals surface area (Å²) in [6, 6.07) is 10.7. The zero-order valence-corrected chi connectivity index (χ0v) is 18.9. The summed E-state index contributed by atoms with van der Waals surface area (Å²) in [6.07, 6.45) is 0.135. The normalized spacial score (nSPS) is 18.3. The lowest BCUT2D eigenvalue weighted by Crippen LogP contribution is -2.45. The maximum Gasteiger partial charge on any atom is 0.248 e. The Morgan fingerprint density at radius 1 is 1.13 bits per heavy atom. The Balaban J connectivity index is 1.82. The van der Waals surface area contributed by atoms with Gasteiger partial charge in [0.15, 0.2) is 14.6 Å². The Kier molecular flexibility index (Phi) is 6.95. The van der Waals surface area contributed by atoms with Gasteiger partial charge >= 0.3 is 0 Å². The molecule has 0 saturated carbocycles. The van der Waals surface area contributed by atoms with Crippen LogP contribution in [0.5, 0.6) is 5.75 Å². The van der Waals surface area contributed by atoms with Crippen molar-refractivity contribution in [3.63, 3.8) is 0 Å². The van der Waals surface area contributed by atoms with E-state index in [-0.39, 0.29) is 11.3 Å². The highest BCUT2D eigenvalue weighted by Crippen LogP contribution is 2.37. The van der Waals surface area contributed by atoms with E-state index in [1.54, 1.807) is 18.2 Å². The Labute approximate surface area is 190 Å². The Morgan fingerprint density at radius 3 is 2.45 bits per heavy atom. The van der Waals surface area contributed by atoms with Crippen LogP contribution in [-0.4, -0.2) is 32.1 Å². The molecule has 162 valence electrons. The maximum atomic E-state index is 13.4. The molecule has 0 spiro atoms. The molecular formula is C22H19Cl2NO5S. The highest BCUT2D eigenvalue weighted by atomic mass is 35.5. The lowest BCUT2D eigenvalue weighted by molar-refractivity contribution is -0.125. The fourth-order valence-corrected chi connectivity index (χ4v) is 5.68. The molecule has 3 rings (SSSR count). The molecule has 0 aliphatic carbocycles. The first-order valence-corrected chi connectivity index (χ1v) is 11.6. The highest BCUT2D eigenvalue weighted by molar-refractivity contribution is 7.93. The van der Waals surface area contributed by atoms with Crippen LogP contribution < -0.4 is 10.1 Å². The topological polar surface area (TPSA) is 89.5 Å². The third-order valence-electron chi connectivity index (χ3n) is 5.03. The average Bonchev–Trinajstić information content (AvgIpc) is 3.04. The van der Waals surface area contributed by atoms with Crippen molar-refractivity contribution in [2.75, 3.05) is 7.11 Å². The molecule has 2 aromatic carbocycles. The molecule has 31 heavy (non-hydrogen) atoms. The number of halogens is 2. The van der Waals surface area contributed by atoms with Crippen molar-refractivity contribution < 1.29 is 22.7 Å². The quantitative estimate of drug-likeness (QED) is 0.386. The summed E-state index contributed by atoms with van der Waals surface area (Å²) < 4.78 is 29.9. The molecule has 9 heteroatoms. The number of carbonyl (C=O) groups is 2. The van der Waals surface area contributed by atoms with Crippen LogP contribution in [0.1, 0.15) is 31.2 Å². The first kappa shape index (κ1) is 23.1. The molecule has 1 aliphatic rings. The Hall–Kier alpha value is -2.53. The second-order valence-electron chi connectivity index (χ2n) is 7.01. The van der Waals surface area contributed by atoms with E-state index in [1.807, 2.05) is 0 Å². The van der Waals surface area contributed by atoms with Gasteiger partial charge in [-0.3, -0.25) is 14.9 Å². The van der Waals surface area contributed by atoms with E-state index in [0.717, 1.165) is 0 Å². The van der Waals surface area contributed by atoms with Crippen LogP contribution in [0, 0.1) is 11.8 Å². The number of sulfone groups is 1. The number of amides is 2. The van der Waals surface area contributed by atoms with Gasteiger partial charge in [-0.2, -0.15) is 0 Å². The molecule has 1 unspecified atom stereocenters. The van der Waals surface area contributed by atoms with Gasteiger partial charge in [0.25, 0.3) is 0 Å². The Morgan fingerprint density at radius 2 is 1.84 bits per heavy atom. The minimum Gasteiger partial charge on any atom is -0.497 e. The fourth-order valence-electron chi connectivity index (χ4n) is 3.37. The molecule has 0 radical (unpaired) electrons. The summed E-state index contributed by atoms with van der Waals surface area (Å²) in [5.74, 6) is 4.88. The van der Waals surface area contributed by atoms with Crippen LogP contribution in [0.15, 0.2) is 47.4 Å². The van der Waals surface area contributed by atoms with Crippen molar-refractivity contribution in [2.24, 2.45) is 0 Å². The number of carbonyl (C=O) groups excluding carboxylic acids is 2. The second kappa shape index (κ2) is 9.31. The number of methoxy groups -OCH3 is 1. The zero-order valence-electron chi connectivity index (χ0n) is 16.6. The van der Waals surface area contributed by atoms with Crippen molar-refractivity contribution >= 4 is 44.9 Å². The average molecular weight is 480 g/mol. The number of imide groups is 1. The van der Waals surface area contributed by atoms with Gasteiger partial charge in [-0.15, -0.1) is 0 Å². The first-order valence-electron chi connectivity index (χ1n) is 9.36. The monoisotopic (exact) mass is 479 g/mol. The van der Waals surface area contributed by atoms with E-state index in [9.17, 15) is 18.0 Å². The molecule has 1 N–H and O–H groups in total. The molecule has 1 aliphatic heterocycles. The van der Waals surface area contributed by atoms with Gasteiger partial charge < -0.3 is 4.74 Å². The number of hydrogen-bond acceptors (Lipinski definition) is 5. The lowest BCUT2D eigenvalue weighted by atomic mass is 9.99. The molecule has 0 aromatic heterocycles. The van der Waals surface area contributed by atoms with Crippen LogP contribution in [0.2, 0.25) is 10.0 Å². The van der Waals surface area contributed by atoms with Crippen molar-refractivity contribution in [3.05, 3.63) is 58.1 Å². The maximum absolute atomic E-state index is 13.4. The number of nitrogens with one attached hydrogen (secondary N) is 1. The minimum absolute atomic E-state index is 0.0447. The van der Waals surface area contributed by atoms with Gasteiger partial charge in [-0.05, 0) is 55.3 Å². The van der Waals surface area contributed by atoms with Crippen LogP contribution in [0.25, 0.3) is 0 Å². The van der Waals surface area contributed by atoms with Crippen LogP contribution in [0.4, 0.5) is 0 Å². The van der Waals surface area contributed by atoms with Gasteiger partial charge in [0.2, 0.25) is 11.8 Å². The van der Waals surface area contributed by atoms with Crippen molar-refractivity contribution in [1.29, 1.82) is 0 Å². The highest BCUT2D eigenvalue weighted by Gasteiger charge is 2.56. The van der Waals surface area contributed by atoms with Crippen LogP contribution in [0.3, 0.4) is 0 Å². The van der Waals surface area contributed by atoms with Gasteiger partial charge in [0.1, 0.15) is 5.75 Å². The van der Waals surface area contributed by atoms with Crippen molar-refractivity contribution in [3.8, 4) is 17.6 Å². The van der Waals surface area contributed by atoms with E-state index in [1.165, 1.54) is 31.4 Å². The molecule has 0 bridgehead atoms. The number of benzene rings is 2. The standard InChI is InChI=1S/C22H19Cl2NO5S/c1-30-17-7-9-18(10-8-17)31(28,29)22(14-20(26)25-21(22)27)12-4-2-3-5-15-13-16(23)6-11-19(15)24/h6-11,13H,2,4,12,14H2,1H3,(H,25,26,27). The van der Waals surface area contributed by atoms with Gasteiger partial charge in [-0.1, -0.05) is 35.0 Å². The second-order valence-corrected chi connectivity index (χ2v) is 10.1. The molecule has 2 amide bonds. The number of hydrogen-bond donors (Lipinski definition) is 1. The van der Waals surface area contributed by atoms with E-state index in [2.05, 4.69) is 17.2 Å². The summed E-state index contributed by atoms with van der Waals surface area (Å²) in [5.41, 5.74) is 0.559. The molecule has 1 atom stereocenters. The molecule has 1 heterocycles. The molecule has 1 fully saturated rings. The minimum atomic E-state index is -4.13. The predicted octanol–water partition coefficient (Wildman–Crippen LogP) is 3.78. The summed E-state index contributed by atoms with van der Waals surface area (Å²) >= 11 is 12.0.